The zero-order valence-corrected chi connectivity index (χ0v) is 18.8. The molecule has 1 aliphatic rings. The summed E-state index contributed by atoms with van der Waals surface area (Å²) in [4.78, 5) is 0. The molecule has 0 saturated carbocycles. The lowest BCUT2D eigenvalue weighted by molar-refractivity contribution is 0.00578. The number of unbranched alkanes of at least 4 members (excludes halogenated alkanes) is 3. The van der Waals surface area contributed by atoms with Gasteiger partial charge in [0.1, 0.15) is 0 Å². The largest absolute Gasteiger partial charge is 0.495 e. The molecule has 28 heavy (non-hydrogen) atoms. The molecule has 1 aromatic rings. The SMILES string of the molecule is C=CCc1c(C#CCCCC)cc(CCCC)cc1B1OC(C)(C)C(C)(C)O1. The number of rotatable bonds is 8. The van der Waals surface area contributed by atoms with Gasteiger partial charge in [-0.2, -0.15) is 0 Å². The van der Waals surface area contributed by atoms with E-state index < -0.39 is 0 Å². The first kappa shape index (κ1) is 22.8. The van der Waals surface area contributed by atoms with Gasteiger partial charge in [-0.15, -0.1) is 6.58 Å². The number of allylic oxidation sites excluding steroid dienone is 1. The van der Waals surface area contributed by atoms with Gasteiger partial charge in [0.15, 0.2) is 0 Å². The molecule has 0 unspecified atom stereocenters. The van der Waals surface area contributed by atoms with Crippen LogP contribution in [0.1, 0.15) is 90.3 Å². The van der Waals surface area contributed by atoms with Crippen LogP contribution in [0.2, 0.25) is 0 Å². The summed E-state index contributed by atoms with van der Waals surface area (Å²) in [7, 11) is -0.363. The Hall–Kier alpha value is -1.50. The van der Waals surface area contributed by atoms with Gasteiger partial charge in [0.05, 0.1) is 11.2 Å². The molecule has 2 rings (SSSR count). The first-order valence-corrected chi connectivity index (χ1v) is 10.9. The van der Waals surface area contributed by atoms with E-state index in [0.29, 0.717) is 0 Å². The number of aryl methyl sites for hydroxylation is 1. The second kappa shape index (κ2) is 9.81. The van der Waals surface area contributed by atoms with Crippen LogP contribution < -0.4 is 5.46 Å². The molecule has 152 valence electrons. The summed E-state index contributed by atoms with van der Waals surface area (Å²) >= 11 is 0. The summed E-state index contributed by atoms with van der Waals surface area (Å²) in [5.74, 6) is 6.82. The molecule has 0 aliphatic carbocycles. The normalized spacial score (nSPS) is 17.3. The van der Waals surface area contributed by atoms with Crippen molar-refractivity contribution in [3.05, 3.63) is 41.5 Å². The van der Waals surface area contributed by atoms with Gasteiger partial charge < -0.3 is 9.31 Å². The lowest BCUT2D eigenvalue weighted by atomic mass is 9.72. The Morgan fingerprint density at radius 3 is 2.25 bits per heavy atom. The zero-order valence-electron chi connectivity index (χ0n) is 18.8. The highest BCUT2D eigenvalue weighted by Crippen LogP contribution is 2.37. The van der Waals surface area contributed by atoms with Crippen LogP contribution in [-0.2, 0) is 22.2 Å². The molecule has 0 bridgehead atoms. The highest BCUT2D eigenvalue weighted by atomic mass is 16.7. The molecule has 0 amide bonds. The van der Waals surface area contributed by atoms with Gasteiger partial charge in [0, 0.05) is 12.0 Å². The molecule has 0 spiro atoms. The fourth-order valence-corrected chi connectivity index (χ4v) is 3.37. The minimum Gasteiger partial charge on any atom is -0.399 e. The second-order valence-electron chi connectivity index (χ2n) is 8.80. The second-order valence-corrected chi connectivity index (χ2v) is 8.80. The number of hydrogen-bond acceptors (Lipinski definition) is 2. The van der Waals surface area contributed by atoms with Gasteiger partial charge in [-0.25, -0.2) is 0 Å². The van der Waals surface area contributed by atoms with Crippen molar-refractivity contribution in [2.75, 3.05) is 0 Å². The maximum Gasteiger partial charge on any atom is 0.495 e. The van der Waals surface area contributed by atoms with Crippen molar-refractivity contribution >= 4 is 12.6 Å². The Labute approximate surface area is 173 Å². The predicted octanol–water partition coefficient (Wildman–Crippen LogP) is 5.60. The third kappa shape index (κ3) is 5.31. The third-order valence-electron chi connectivity index (χ3n) is 5.90. The van der Waals surface area contributed by atoms with Crippen molar-refractivity contribution in [1.29, 1.82) is 0 Å². The van der Waals surface area contributed by atoms with E-state index in [1.807, 2.05) is 6.08 Å². The van der Waals surface area contributed by atoms with Crippen LogP contribution in [0.5, 0.6) is 0 Å². The lowest BCUT2D eigenvalue weighted by Gasteiger charge is -2.32. The van der Waals surface area contributed by atoms with Gasteiger partial charge in [-0.3, -0.25) is 0 Å². The summed E-state index contributed by atoms with van der Waals surface area (Å²) in [6.07, 6.45) is 9.38. The van der Waals surface area contributed by atoms with E-state index in [4.69, 9.17) is 9.31 Å². The average Bonchev–Trinajstić information content (AvgIpc) is 2.85. The van der Waals surface area contributed by atoms with E-state index in [1.165, 1.54) is 30.4 Å². The van der Waals surface area contributed by atoms with Crippen LogP contribution in [0.3, 0.4) is 0 Å². The van der Waals surface area contributed by atoms with Crippen LogP contribution in [0, 0.1) is 11.8 Å². The summed E-state index contributed by atoms with van der Waals surface area (Å²) in [6, 6.07) is 4.54. The Kier molecular flexibility index (Phi) is 7.99. The quantitative estimate of drug-likeness (QED) is 0.253. The van der Waals surface area contributed by atoms with E-state index in [-0.39, 0.29) is 18.3 Å². The molecule has 1 heterocycles. The Bertz CT molecular complexity index is 721. The molecule has 2 nitrogen and oxygen atoms in total. The third-order valence-corrected chi connectivity index (χ3v) is 5.90. The maximum atomic E-state index is 6.39. The van der Waals surface area contributed by atoms with E-state index in [9.17, 15) is 0 Å². The molecular weight excluding hydrogens is 343 g/mol. The van der Waals surface area contributed by atoms with Crippen molar-refractivity contribution in [1.82, 2.24) is 0 Å². The van der Waals surface area contributed by atoms with E-state index >= 15 is 0 Å². The zero-order chi connectivity index (χ0) is 20.8. The maximum absolute atomic E-state index is 6.39. The minimum absolute atomic E-state index is 0.352. The van der Waals surface area contributed by atoms with E-state index in [2.05, 4.69) is 72.1 Å². The number of hydrogen-bond donors (Lipinski definition) is 0. The molecule has 1 aliphatic heterocycles. The molecule has 1 fully saturated rings. The first-order chi connectivity index (χ1) is 13.3. The smallest absolute Gasteiger partial charge is 0.399 e. The van der Waals surface area contributed by atoms with Crippen LogP contribution >= 0.6 is 0 Å². The van der Waals surface area contributed by atoms with Crippen molar-refractivity contribution in [3.63, 3.8) is 0 Å². The Morgan fingerprint density at radius 1 is 1.04 bits per heavy atom. The van der Waals surface area contributed by atoms with Crippen LogP contribution in [0.25, 0.3) is 0 Å². The number of benzene rings is 1. The highest BCUT2D eigenvalue weighted by Gasteiger charge is 2.52. The molecule has 1 saturated heterocycles. The van der Waals surface area contributed by atoms with Crippen molar-refractivity contribution in [2.45, 2.75) is 97.7 Å². The molecule has 0 radical (unpaired) electrons. The highest BCUT2D eigenvalue weighted by molar-refractivity contribution is 6.62. The molecule has 0 aromatic heterocycles. The molecule has 0 atom stereocenters. The van der Waals surface area contributed by atoms with Crippen molar-refractivity contribution in [3.8, 4) is 11.8 Å². The molecule has 3 heteroatoms. The summed E-state index contributed by atoms with van der Waals surface area (Å²) in [6.45, 7) is 16.8. The lowest BCUT2D eigenvalue weighted by Crippen LogP contribution is -2.41. The monoisotopic (exact) mass is 380 g/mol. The van der Waals surface area contributed by atoms with Gasteiger partial charge >= 0.3 is 7.12 Å². The topological polar surface area (TPSA) is 18.5 Å². The molecule has 1 aromatic carbocycles. The Morgan fingerprint density at radius 2 is 1.68 bits per heavy atom. The fraction of sp³-hybridized carbons (Fsp3) is 0.600. The summed E-state index contributed by atoms with van der Waals surface area (Å²) in [5.41, 5.74) is 4.03. The summed E-state index contributed by atoms with van der Waals surface area (Å²) < 4.78 is 12.8. The van der Waals surface area contributed by atoms with Gasteiger partial charge in [0.25, 0.3) is 0 Å². The van der Waals surface area contributed by atoms with Crippen molar-refractivity contribution in [2.24, 2.45) is 0 Å². The van der Waals surface area contributed by atoms with Crippen LogP contribution in [-0.4, -0.2) is 18.3 Å². The van der Waals surface area contributed by atoms with Crippen LogP contribution in [0.4, 0.5) is 0 Å². The van der Waals surface area contributed by atoms with Gasteiger partial charge in [-0.1, -0.05) is 50.7 Å². The van der Waals surface area contributed by atoms with E-state index in [0.717, 1.165) is 36.7 Å². The van der Waals surface area contributed by atoms with Crippen LogP contribution in [0.15, 0.2) is 24.8 Å². The average molecular weight is 380 g/mol. The summed E-state index contributed by atoms with van der Waals surface area (Å²) in [5, 5.41) is 0. The van der Waals surface area contributed by atoms with Crippen molar-refractivity contribution < 1.29 is 9.31 Å². The molecular formula is C25H37BO2. The van der Waals surface area contributed by atoms with E-state index in [1.54, 1.807) is 0 Å². The first-order valence-electron chi connectivity index (χ1n) is 10.9. The predicted molar refractivity (Wildman–Crippen MR) is 121 cm³/mol. The van der Waals surface area contributed by atoms with Gasteiger partial charge in [-0.05, 0) is 76.0 Å². The minimum atomic E-state index is -0.363. The fourth-order valence-electron chi connectivity index (χ4n) is 3.37. The molecule has 0 N–H and O–H groups in total. The Balaban J connectivity index is 2.51. The van der Waals surface area contributed by atoms with Gasteiger partial charge in [0.2, 0.25) is 0 Å². The standard InChI is InChI=1S/C25H37BO2/c1-8-11-13-14-17-21-18-20(16-12-9-2)19-23(22(21)15-10-3)26-27-24(4,5)25(6,7)28-26/h10,18-19H,3,8-9,11-13,15-16H2,1-2,4-7H3.